The third kappa shape index (κ3) is 1.00. The molecule has 3 rings (SSSR count). The molecular weight excluding hydrogens is 180 g/mol. The van der Waals surface area contributed by atoms with Gasteiger partial charge in [0.15, 0.2) is 0 Å². The summed E-state index contributed by atoms with van der Waals surface area (Å²) in [7, 11) is 0. The minimum atomic E-state index is 0.966. The second kappa shape index (κ2) is 2.64. The molecule has 2 heterocycles. The summed E-state index contributed by atoms with van der Waals surface area (Å²) in [6.07, 6.45) is 3.05. The van der Waals surface area contributed by atoms with Gasteiger partial charge in [0.05, 0.1) is 5.69 Å². The summed E-state index contributed by atoms with van der Waals surface area (Å²) in [6.45, 7) is 0. The summed E-state index contributed by atoms with van der Waals surface area (Å²) < 4.78 is 4.38. The Morgan fingerprint density at radius 2 is 2.23 bits per heavy atom. The molecular formula is C10H8N2S. The van der Waals surface area contributed by atoms with Crippen molar-refractivity contribution >= 4 is 23.5 Å². The Kier molecular flexibility index (Phi) is 1.46. The fourth-order valence-corrected chi connectivity index (χ4v) is 2.22. The molecule has 64 valence electrons. The smallest absolute Gasteiger partial charge is 0.126 e. The van der Waals surface area contributed by atoms with Gasteiger partial charge < -0.3 is 4.90 Å². The van der Waals surface area contributed by atoms with Crippen LogP contribution in [0, 0.1) is 0 Å². The molecule has 0 aromatic heterocycles. The fourth-order valence-electron chi connectivity index (χ4n) is 1.71. The number of benzene rings is 1. The Labute approximate surface area is 81.1 Å². The maximum Gasteiger partial charge on any atom is 0.126 e. The van der Waals surface area contributed by atoms with Crippen LogP contribution in [-0.2, 0) is 6.42 Å². The zero-order valence-corrected chi connectivity index (χ0v) is 7.79. The van der Waals surface area contributed by atoms with Crippen molar-refractivity contribution in [3.63, 3.8) is 0 Å². The van der Waals surface area contributed by atoms with Crippen molar-refractivity contribution in [1.82, 2.24) is 0 Å². The third-order valence-corrected chi connectivity index (χ3v) is 2.87. The van der Waals surface area contributed by atoms with Crippen molar-refractivity contribution in [2.75, 3.05) is 4.90 Å². The highest BCUT2D eigenvalue weighted by Crippen LogP contribution is 2.32. The van der Waals surface area contributed by atoms with Crippen LogP contribution in [0.25, 0.3) is 0 Å². The van der Waals surface area contributed by atoms with Crippen molar-refractivity contribution in [2.24, 2.45) is 4.40 Å². The molecule has 0 N–H and O–H groups in total. The number of amidine groups is 1. The second-order valence-corrected chi connectivity index (χ2v) is 3.74. The Hall–Kier alpha value is -1.22. The largest absolute Gasteiger partial charge is 0.304 e. The average molecular weight is 188 g/mol. The number of hydrogen-bond acceptors (Lipinski definition) is 3. The van der Waals surface area contributed by atoms with Gasteiger partial charge in [0.25, 0.3) is 0 Å². The standard InChI is InChI=1S/C10H8N2S/c1-2-4-9-8(3-1)7-10-11-13-6-5-12(9)10/h1-6H,7H2. The zero-order valence-electron chi connectivity index (χ0n) is 6.97. The van der Waals surface area contributed by atoms with E-state index in [1.165, 1.54) is 23.2 Å². The van der Waals surface area contributed by atoms with Crippen molar-refractivity contribution in [1.29, 1.82) is 0 Å². The molecule has 13 heavy (non-hydrogen) atoms. The molecule has 0 atom stereocenters. The molecule has 1 aromatic carbocycles. The van der Waals surface area contributed by atoms with E-state index in [4.69, 9.17) is 0 Å². The number of anilines is 1. The lowest BCUT2D eigenvalue weighted by atomic mass is 10.2. The molecule has 1 aromatic rings. The van der Waals surface area contributed by atoms with Crippen LogP contribution >= 0.6 is 11.9 Å². The summed E-state index contributed by atoms with van der Waals surface area (Å²) in [5, 5.41) is 2.01. The molecule has 3 heteroatoms. The van der Waals surface area contributed by atoms with Gasteiger partial charge in [-0.3, -0.25) is 0 Å². The van der Waals surface area contributed by atoms with Gasteiger partial charge in [-0.05, 0) is 11.6 Å². The quantitative estimate of drug-likeness (QED) is 0.581. The van der Waals surface area contributed by atoms with Gasteiger partial charge in [0, 0.05) is 30.0 Å². The third-order valence-electron chi connectivity index (χ3n) is 2.31. The first-order valence-corrected chi connectivity index (χ1v) is 5.05. The topological polar surface area (TPSA) is 15.6 Å². The lowest BCUT2D eigenvalue weighted by Gasteiger charge is -2.16. The Morgan fingerprint density at radius 1 is 1.31 bits per heavy atom. The molecule has 0 amide bonds. The predicted octanol–water partition coefficient (Wildman–Crippen LogP) is 2.58. The number of fused-ring (bicyclic) bond motifs is 3. The molecule has 2 aliphatic rings. The molecule has 0 aliphatic carbocycles. The number of hydrogen-bond donors (Lipinski definition) is 0. The molecule has 0 radical (unpaired) electrons. The van der Waals surface area contributed by atoms with Gasteiger partial charge in [-0.2, -0.15) is 4.40 Å². The monoisotopic (exact) mass is 188 g/mol. The lowest BCUT2D eigenvalue weighted by Crippen LogP contribution is -2.21. The second-order valence-electron chi connectivity index (χ2n) is 3.07. The van der Waals surface area contributed by atoms with Crippen LogP contribution < -0.4 is 4.90 Å². The first kappa shape index (κ1) is 7.21. The van der Waals surface area contributed by atoms with Gasteiger partial charge in [0.1, 0.15) is 5.84 Å². The van der Waals surface area contributed by atoms with E-state index in [1.54, 1.807) is 0 Å². The van der Waals surface area contributed by atoms with Gasteiger partial charge in [-0.25, -0.2) is 0 Å². The van der Waals surface area contributed by atoms with E-state index >= 15 is 0 Å². The number of nitrogens with zero attached hydrogens (tertiary/aromatic N) is 2. The van der Waals surface area contributed by atoms with Crippen LogP contribution in [0.2, 0.25) is 0 Å². The number of rotatable bonds is 0. The van der Waals surface area contributed by atoms with E-state index in [2.05, 4.69) is 39.8 Å². The predicted molar refractivity (Wildman–Crippen MR) is 56.8 cm³/mol. The van der Waals surface area contributed by atoms with Crippen LogP contribution in [0.4, 0.5) is 5.69 Å². The first-order chi connectivity index (χ1) is 6.45. The van der Waals surface area contributed by atoms with E-state index in [1.807, 2.05) is 5.41 Å². The van der Waals surface area contributed by atoms with E-state index in [0.29, 0.717) is 0 Å². The molecule has 0 unspecified atom stereocenters. The van der Waals surface area contributed by atoms with E-state index < -0.39 is 0 Å². The molecule has 0 fully saturated rings. The molecule has 0 bridgehead atoms. The first-order valence-electron chi connectivity index (χ1n) is 4.22. The van der Waals surface area contributed by atoms with Crippen LogP contribution in [-0.4, -0.2) is 5.84 Å². The summed E-state index contributed by atoms with van der Waals surface area (Å²) in [4.78, 5) is 2.16. The van der Waals surface area contributed by atoms with Crippen molar-refractivity contribution in [2.45, 2.75) is 6.42 Å². The van der Waals surface area contributed by atoms with Crippen molar-refractivity contribution in [3.8, 4) is 0 Å². The van der Waals surface area contributed by atoms with E-state index in [9.17, 15) is 0 Å². The Balaban J connectivity index is 2.16. The summed E-state index contributed by atoms with van der Waals surface area (Å²) in [6, 6.07) is 8.44. The normalized spacial score (nSPS) is 18.2. The highest BCUT2D eigenvalue weighted by Gasteiger charge is 2.24. The zero-order chi connectivity index (χ0) is 8.67. The molecule has 0 spiro atoms. The minimum Gasteiger partial charge on any atom is -0.304 e. The summed E-state index contributed by atoms with van der Waals surface area (Å²) in [5.41, 5.74) is 2.64. The van der Waals surface area contributed by atoms with E-state index in [0.717, 1.165) is 12.3 Å². The summed E-state index contributed by atoms with van der Waals surface area (Å²) >= 11 is 1.51. The number of para-hydroxylation sites is 1. The maximum atomic E-state index is 4.38. The Bertz CT molecular complexity index is 409. The molecule has 2 aliphatic heterocycles. The van der Waals surface area contributed by atoms with Gasteiger partial charge in [0.2, 0.25) is 0 Å². The minimum absolute atomic E-state index is 0.966. The SMILES string of the molecule is C1=CN2C(=NS1)Cc1ccccc12. The maximum absolute atomic E-state index is 4.38. The van der Waals surface area contributed by atoms with Crippen LogP contribution in [0.15, 0.2) is 40.3 Å². The van der Waals surface area contributed by atoms with Gasteiger partial charge in [-0.1, -0.05) is 18.2 Å². The highest BCUT2D eigenvalue weighted by atomic mass is 32.2. The molecule has 0 saturated heterocycles. The van der Waals surface area contributed by atoms with Crippen molar-refractivity contribution < 1.29 is 0 Å². The molecule has 0 saturated carbocycles. The van der Waals surface area contributed by atoms with Crippen LogP contribution in [0.5, 0.6) is 0 Å². The van der Waals surface area contributed by atoms with Crippen LogP contribution in [0.1, 0.15) is 5.56 Å². The summed E-state index contributed by atoms with van der Waals surface area (Å²) in [5.74, 6) is 1.15. The highest BCUT2D eigenvalue weighted by molar-refractivity contribution is 8.01. The van der Waals surface area contributed by atoms with Gasteiger partial charge >= 0.3 is 0 Å². The van der Waals surface area contributed by atoms with E-state index in [-0.39, 0.29) is 0 Å². The fraction of sp³-hybridized carbons (Fsp3) is 0.100. The lowest BCUT2D eigenvalue weighted by molar-refractivity contribution is 1.36. The average Bonchev–Trinajstić information content (AvgIpc) is 2.56. The van der Waals surface area contributed by atoms with Gasteiger partial charge in [-0.15, -0.1) is 0 Å². The molecule has 2 nitrogen and oxygen atoms in total. The van der Waals surface area contributed by atoms with Crippen molar-refractivity contribution in [3.05, 3.63) is 41.4 Å². The Morgan fingerprint density at radius 3 is 3.23 bits per heavy atom. The van der Waals surface area contributed by atoms with Crippen LogP contribution in [0.3, 0.4) is 0 Å².